The first kappa shape index (κ1) is 14.0. The van der Waals surface area contributed by atoms with Crippen molar-refractivity contribution in [2.75, 3.05) is 6.54 Å². The van der Waals surface area contributed by atoms with Crippen molar-refractivity contribution in [3.63, 3.8) is 0 Å². The van der Waals surface area contributed by atoms with Gasteiger partial charge in [-0.25, -0.2) is 4.39 Å². The van der Waals surface area contributed by atoms with Gasteiger partial charge in [-0.1, -0.05) is 30.7 Å². The molecule has 2 aromatic rings. The Morgan fingerprint density at radius 3 is 2.53 bits per heavy atom. The molecule has 0 saturated heterocycles. The van der Waals surface area contributed by atoms with Gasteiger partial charge in [0.15, 0.2) is 0 Å². The fourth-order valence-electron chi connectivity index (χ4n) is 1.98. The maximum Gasteiger partial charge on any atom is 0.141 e. The van der Waals surface area contributed by atoms with Crippen LogP contribution >= 0.6 is 11.6 Å². The van der Waals surface area contributed by atoms with Gasteiger partial charge in [-0.05, 0) is 42.8 Å². The molecule has 0 fully saturated rings. The third kappa shape index (κ3) is 4.01. The highest BCUT2D eigenvalue weighted by Crippen LogP contribution is 2.18. The van der Waals surface area contributed by atoms with E-state index < -0.39 is 0 Å². The monoisotopic (exact) mass is 278 g/mol. The second-order valence-corrected chi connectivity index (χ2v) is 4.78. The van der Waals surface area contributed by atoms with Crippen LogP contribution in [0.4, 0.5) is 4.39 Å². The molecule has 0 aliphatic heterocycles. The number of aromatic nitrogens is 1. The minimum Gasteiger partial charge on any atom is -0.309 e. The van der Waals surface area contributed by atoms with E-state index in [9.17, 15) is 4.39 Å². The van der Waals surface area contributed by atoms with Crippen LogP contribution in [-0.4, -0.2) is 11.5 Å². The van der Waals surface area contributed by atoms with Crippen LogP contribution < -0.4 is 5.32 Å². The molecule has 0 spiro atoms. The first-order chi connectivity index (χ1) is 9.19. The van der Waals surface area contributed by atoms with E-state index in [1.807, 2.05) is 31.2 Å². The van der Waals surface area contributed by atoms with E-state index in [2.05, 4.69) is 10.3 Å². The van der Waals surface area contributed by atoms with E-state index in [1.165, 1.54) is 17.8 Å². The molecule has 1 N–H and O–H groups in total. The Bertz CT molecular complexity index is 511. The largest absolute Gasteiger partial charge is 0.309 e. The molecule has 0 aliphatic rings. The van der Waals surface area contributed by atoms with E-state index in [0.717, 1.165) is 23.7 Å². The standard InChI is InChI=1S/C15H16ClFN2/c1-2-18-15(14-8-7-13(17)10-19-14)9-11-3-5-12(16)6-4-11/h3-8,10,15,18H,2,9H2,1H3. The number of nitrogens with zero attached hydrogens (tertiary/aromatic N) is 1. The Balaban J connectivity index is 2.15. The molecule has 1 unspecified atom stereocenters. The number of benzene rings is 1. The third-order valence-corrected chi connectivity index (χ3v) is 3.16. The molecular formula is C15H16ClFN2. The highest BCUT2D eigenvalue weighted by Gasteiger charge is 2.12. The summed E-state index contributed by atoms with van der Waals surface area (Å²) in [6.45, 7) is 2.87. The summed E-state index contributed by atoms with van der Waals surface area (Å²) in [6.07, 6.45) is 2.05. The minimum absolute atomic E-state index is 0.0757. The van der Waals surface area contributed by atoms with E-state index in [4.69, 9.17) is 11.6 Å². The predicted octanol–water partition coefficient (Wildman–Crippen LogP) is 3.77. The minimum atomic E-state index is -0.314. The molecule has 0 saturated carbocycles. The molecule has 19 heavy (non-hydrogen) atoms. The lowest BCUT2D eigenvalue weighted by Gasteiger charge is -2.17. The normalized spacial score (nSPS) is 12.4. The molecule has 2 rings (SSSR count). The van der Waals surface area contributed by atoms with Crippen LogP contribution in [0.3, 0.4) is 0 Å². The summed E-state index contributed by atoms with van der Waals surface area (Å²) in [5.41, 5.74) is 2.01. The molecule has 0 radical (unpaired) electrons. The first-order valence-electron chi connectivity index (χ1n) is 6.28. The summed E-state index contributed by atoms with van der Waals surface area (Å²) in [6, 6.07) is 11.0. The highest BCUT2D eigenvalue weighted by atomic mass is 35.5. The summed E-state index contributed by atoms with van der Waals surface area (Å²) in [7, 11) is 0. The van der Waals surface area contributed by atoms with Crippen molar-refractivity contribution in [2.24, 2.45) is 0 Å². The van der Waals surface area contributed by atoms with Crippen molar-refractivity contribution in [2.45, 2.75) is 19.4 Å². The Kier molecular flexibility index (Phi) is 4.88. The van der Waals surface area contributed by atoms with Crippen LogP contribution in [0.5, 0.6) is 0 Å². The van der Waals surface area contributed by atoms with Gasteiger partial charge in [0.2, 0.25) is 0 Å². The summed E-state index contributed by atoms with van der Waals surface area (Å²) in [5, 5.41) is 4.09. The van der Waals surface area contributed by atoms with Gasteiger partial charge in [-0.3, -0.25) is 4.98 Å². The maximum atomic E-state index is 12.9. The van der Waals surface area contributed by atoms with Crippen molar-refractivity contribution in [1.82, 2.24) is 10.3 Å². The van der Waals surface area contributed by atoms with Gasteiger partial charge in [-0.2, -0.15) is 0 Å². The third-order valence-electron chi connectivity index (χ3n) is 2.91. The van der Waals surface area contributed by atoms with Gasteiger partial charge in [0.1, 0.15) is 5.82 Å². The molecule has 1 aromatic heterocycles. The van der Waals surface area contributed by atoms with Gasteiger partial charge in [0.25, 0.3) is 0 Å². The van der Waals surface area contributed by atoms with Crippen molar-refractivity contribution in [1.29, 1.82) is 0 Å². The number of likely N-dealkylation sites (N-methyl/N-ethyl adjacent to an activating group) is 1. The van der Waals surface area contributed by atoms with Crippen LogP contribution in [0.15, 0.2) is 42.6 Å². The summed E-state index contributed by atoms with van der Waals surface area (Å²) in [5.74, 6) is -0.314. The van der Waals surface area contributed by atoms with Gasteiger partial charge >= 0.3 is 0 Å². The molecule has 1 heterocycles. The van der Waals surface area contributed by atoms with Gasteiger partial charge < -0.3 is 5.32 Å². The maximum absolute atomic E-state index is 12.9. The van der Waals surface area contributed by atoms with Crippen LogP contribution in [0.25, 0.3) is 0 Å². The fourth-order valence-corrected chi connectivity index (χ4v) is 2.10. The van der Waals surface area contributed by atoms with Gasteiger partial charge in [-0.15, -0.1) is 0 Å². The average Bonchev–Trinajstić information content (AvgIpc) is 2.42. The molecule has 100 valence electrons. The Morgan fingerprint density at radius 1 is 1.21 bits per heavy atom. The van der Waals surface area contributed by atoms with Crippen LogP contribution in [0.1, 0.15) is 24.2 Å². The first-order valence-corrected chi connectivity index (χ1v) is 6.66. The summed E-state index contributed by atoms with van der Waals surface area (Å²) in [4.78, 5) is 4.15. The number of hydrogen-bond donors (Lipinski definition) is 1. The molecule has 0 aliphatic carbocycles. The number of pyridine rings is 1. The van der Waals surface area contributed by atoms with E-state index in [0.29, 0.717) is 0 Å². The second-order valence-electron chi connectivity index (χ2n) is 4.34. The lowest BCUT2D eigenvalue weighted by Crippen LogP contribution is -2.23. The average molecular weight is 279 g/mol. The lowest BCUT2D eigenvalue weighted by molar-refractivity contribution is 0.532. The fraction of sp³-hybridized carbons (Fsp3) is 0.267. The SMILES string of the molecule is CCNC(Cc1ccc(Cl)cc1)c1ccc(F)cn1. The van der Waals surface area contributed by atoms with Crippen molar-refractivity contribution >= 4 is 11.6 Å². The zero-order valence-electron chi connectivity index (χ0n) is 10.7. The smallest absolute Gasteiger partial charge is 0.141 e. The molecule has 4 heteroatoms. The molecular weight excluding hydrogens is 263 g/mol. The van der Waals surface area contributed by atoms with Crippen molar-refractivity contribution < 1.29 is 4.39 Å². The predicted molar refractivity (Wildman–Crippen MR) is 75.8 cm³/mol. The van der Waals surface area contributed by atoms with Crippen LogP contribution in [-0.2, 0) is 6.42 Å². The Labute approximate surface area is 117 Å². The van der Waals surface area contributed by atoms with Crippen LogP contribution in [0.2, 0.25) is 5.02 Å². The van der Waals surface area contributed by atoms with Crippen molar-refractivity contribution in [3.05, 3.63) is 64.7 Å². The number of hydrogen-bond acceptors (Lipinski definition) is 2. The molecule has 1 atom stereocenters. The topological polar surface area (TPSA) is 24.9 Å². The molecule has 1 aromatic carbocycles. The molecule has 0 amide bonds. The van der Waals surface area contributed by atoms with Gasteiger partial charge in [0.05, 0.1) is 17.9 Å². The number of halogens is 2. The number of nitrogens with one attached hydrogen (secondary N) is 1. The Morgan fingerprint density at radius 2 is 1.95 bits per heavy atom. The lowest BCUT2D eigenvalue weighted by atomic mass is 10.0. The van der Waals surface area contributed by atoms with Crippen LogP contribution in [0, 0.1) is 5.82 Å². The van der Waals surface area contributed by atoms with E-state index in [-0.39, 0.29) is 11.9 Å². The highest BCUT2D eigenvalue weighted by molar-refractivity contribution is 6.30. The molecule has 2 nitrogen and oxygen atoms in total. The molecule has 0 bridgehead atoms. The quantitative estimate of drug-likeness (QED) is 0.901. The second kappa shape index (κ2) is 6.64. The number of rotatable bonds is 5. The zero-order chi connectivity index (χ0) is 13.7. The Hall–Kier alpha value is -1.45. The van der Waals surface area contributed by atoms with Crippen molar-refractivity contribution in [3.8, 4) is 0 Å². The summed E-state index contributed by atoms with van der Waals surface area (Å²) >= 11 is 5.87. The zero-order valence-corrected chi connectivity index (χ0v) is 11.5. The van der Waals surface area contributed by atoms with E-state index in [1.54, 1.807) is 6.07 Å². The van der Waals surface area contributed by atoms with E-state index >= 15 is 0 Å². The summed E-state index contributed by atoms with van der Waals surface area (Å²) < 4.78 is 12.9. The van der Waals surface area contributed by atoms with Gasteiger partial charge in [0, 0.05) is 5.02 Å².